The van der Waals surface area contributed by atoms with Gasteiger partial charge in [0.1, 0.15) is 0 Å². The van der Waals surface area contributed by atoms with Crippen LogP contribution in [0.5, 0.6) is 0 Å². The number of benzene rings is 1. The summed E-state index contributed by atoms with van der Waals surface area (Å²) >= 11 is 0. The number of hydrogen-bond acceptors (Lipinski definition) is 3. The minimum atomic E-state index is -3.78. The Hall–Kier alpha value is -1.40. The van der Waals surface area contributed by atoms with E-state index in [-0.39, 0.29) is 22.6 Å². The summed E-state index contributed by atoms with van der Waals surface area (Å²) in [6.45, 7) is 7.39. The van der Waals surface area contributed by atoms with E-state index in [0.717, 1.165) is 0 Å². The first kappa shape index (κ1) is 15.7. The number of carbonyl (C=O) groups is 1. The average Bonchev–Trinajstić information content (AvgIpc) is 2.28. The Morgan fingerprint density at radius 3 is 2.32 bits per heavy atom. The maximum Gasteiger partial charge on any atom is 0.238 e. The number of nitrogens with two attached hydrogens (primary N) is 1. The van der Waals surface area contributed by atoms with Crippen molar-refractivity contribution in [1.29, 1.82) is 0 Å². The van der Waals surface area contributed by atoms with Crippen LogP contribution in [-0.4, -0.2) is 14.3 Å². The van der Waals surface area contributed by atoms with Gasteiger partial charge in [0, 0.05) is 11.6 Å². The quantitative estimate of drug-likeness (QED) is 0.884. The molecule has 3 N–H and O–H groups in total. The second-order valence-electron chi connectivity index (χ2n) is 5.05. The number of rotatable bonds is 4. The van der Waals surface area contributed by atoms with Gasteiger partial charge in [0.15, 0.2) is 0 Å². The fraction of sp³-hybridized carbons (Fsp3) is 0.462. The lowest BCUT2D eigenvalue weighted by molar-refractivity contribution is -0.120. The van der Waals surface area contributed by atoms with E-state index in [1.807, 2.05) is 20.8 Å². The standard InChI is InChI=1S/C13H20N2O3S/c1-8(2)10(4)13(16)15-11-6-5-9(3)12(7-11)19(14,17)18/h5-8,10H,1-4H3,(H,15,16)(H2,14,17,18). The number of carbonyl (C=O) groups excluding carboxylic acids is 1. The summed E-state index contributed by atoms with van der Waals surface area (Å²) in [6, 6.07) is 4.67. The highest BCUT2D eigenvalue weighted by atomic mass is 32.2. The zero-order chi connectivity index (χ0) is 14.8. The van der Waals surface area contributed by atoms with Crippen molar-refractivity contribution >= 4 is 21.6 Å². The fourth-order valence-electron chi connectivity index (χ4n) is 1.54. The highest BCUT2D eigenvalue weighted by molar-refractivity contribution is 7.89. The summed E-state index contributed by atoms with van der Waals surface area (Å²) in [4.78, 5) is 11.9. The second kappa shape index (κ2) is 5.71. The Kier molecular flexibility index (Phi) is 4.70. The highest BCUT2D eigenvalue weighted by Gasteiger charge is 2.18. The van der Waals surface area contributed by atoms with Gasteiger partial charge in [-0.2, -0.15) is 0 Å². The Morgan fingerprint density at radius 2 is 1.84 bits per heavy atom. The Bertz CT molecular complexity index is 580. The molecule has 1 amide bonds. The lowest BCUT2D eigenvalue weighted by Crippen LogP contribution is -2.24. The van der Waals surface area contributed by atoms with Crippen LogP contribution in [0.2, 0.25) is 0 Å². The van der Waals surface area contributed by atoms with Crippen molar-refractivity contribution < 1.29 is 13.2 Å². The van der Waals surface area contributed by atoms with Gasteiger partial charge in [0.25, 0.3) is 0 Å². The van der Waals surface area contributed by atoms with Gasteiger partial charge in [-0.05, 0) is 30.5 Å². The van der Waals surface area contributed by atoms with Gasteiger partial charge in [0.2, 0.25) is 15.9 Å². The first-order valence-corrected chi connectivity index (χ1v) is 7.62. The molecule has 1 aromatic carbocycles. The van der Waals surface area contributed by atoms with Gasteiger partial charge < -0.3 is 5.32 Å². The number of amides is 1. The van der Waals surface area contributed by atoms with Gasteiger partial charge in [-0.15, -0.1) is 0 Å². The normalized spacial score (nSPS) is 13.4. The Morgan fingerprint density at radius 1 is 1.26 bits per heavy atom. The van der Waals surface area contributed by atoms with Gasteiger partial charge in [-0.3, -0.25) is 4.79 Å². The summed E-state index contributed by atoms with van der Waals surface area (Å²) in [6.07, 6.45) is 0. The molecule has 0 saturated carbocycles. The molecule has 0 spiro atoms. The number of anilines is 1. The molecule has 106 valence electrons. The zero-order valence-corrected chi connectivity index (χ0v) is 12.4. The smallest absolute Gasteiger partial charge is 0.238 e. The number of aryl methyl sites for hydroxylation is 1. The van der Waals surface area contributed by atoms with Crippen LogP contribution in [0.25, 0.3) is 0 Å². The number of primary sulfonamides is 1. The van der Waals surface area contributed by atoms with Crippen molar-refractivity contribution in [1.82, 2.24) is 0 Å². The fourth-order valence-corrected chi connectivity index (χ4v) is 2.35. The predicted octanol–water partition coefficient (Wildman–Crippen LogP) is 1.87. The topological polar surface area (TPSA) is 89.3 Å². The van der Waals surface area contributed by atoms with E-state index in [2.05, 4.69) is 5.32 Å². The summed E-state index contributed by atoms with van der Waals surface area (Å²) in [5.41, 5.74) is 0.990. The third kappa shape index (κ3) is 4.04. The number of hydrogen-bond donors (Lipinski definition) is 2. The van der Waals surface area contributed by atoms with Crippen molar-refractivity contribution in [3.05, 3.63) is 23.8 Å². The lowest BCUT2D eigenvalue weighted by atomic mass is 9.97. The van der Waals surface area contributed by atoms with E-state index in [0.29, 0.717) is 11.3 Å². The molecule has 6 heteroatoms. The zero-order valence-electron chi connectivity index (χ0n) is 11.6. The van der Waals surface area contributed by atoms with Crippen LogP contribution in [0.1, 0.15) is 26.3 Å². The number of sulfonamides is 1. The van der Waals surface area contributed by atoms with Crippen LogP contribution < -0.4 is 10.5 Å². The highest BCUT2D eigenvalue weighted by Crippen LogP contribution is 2.20. The first-order valence-electron chi connectivity index (χ1n) is 6.07. The molecule has 0 radical (unpaired) electrons. The Labute approximate surface area is 114 Å². The van der Waals surface area contributed by atoms with Crippen LogP contribution in [0.15, 0.2) is 23.1 Å². The minimum Gasteiger partial charge on any atom is -0.326 e. The number of nitrogens with one attached hydrogen (secondary N) is 1. The van der Waals surface area contributed by atoms with Crippen LogP contribution in [0.3, 0.4) is 0 Å². The van der Waals surface area contributed by atoms with E-state index in [9.17, 15) is 13.2 Å². The first-order chi connectivity index (χ1) is 8.62. The molecule has 1 unspecified atom stereocenters. The predicted molar refractivity (Wildman–Crippen MR) is 75.2 cm³/mol. The molecule has 0 bridgehead atoms. The maximum absolute atomic E-state index is 11.9. The second-order valence-corrected chi connectivity index (χ2v) is 6.58. The molecular formula is C13H20N2O3S. The molecule has 0 aliphatic heterocycles. The van der Waals surface area contributed by atoms with E-state index in [1.165, 1.54) is 6.07 Å². The van der Waals surface area contributed by atoms with Crippen molar-refractivity contribution in [2.75, 3.05) is 5.32 Å². The lowest BCUT2D eigenvalue weighted by Gasteiger charge is -2.16. The molecule has 1 rings (SSSR count). The van der Waals surface area contributed by atoms with Crippen molar-refractivity contribution in [2.45, 2.75) is 32.6 Å². The molecule has 0 heterocycles. The van der Waals surface area contributed by atoms with Crippen LogP contribution >= 0.6 is 0 Å². The third-order valence-electron chi connectivity index (χ3n) is 3.18. The molecule has 1 aromatic rings. The van der Waals surface area contributed by atoms with E-state index in [4.69, 9.17) is 5.14 Å². The van der Waals surface area contributed by atoms with Gasteiger partial charge in [-0.1, -0.05) is 26.8 Å². The summed E-state index contributed by atoms with van der Waals surface area (Å²) < 4.78 is 22.8. The van der Waals surface area contributed by atoms with E-state index < -0.39 is 10.0 Å². The summed E-state index contributed by atoms with van der Waals surface area (Å²) in [5, 5.41) is 7.83. The average molecular weight is 284 g/mol. The van der Waals surface area contributed by atoms with E-state index in [1.54, 1.807) is 19.1 Å². The molecule has 0 fully saturated rings. The van der Waals surface area contributed by atoms with Crippen molar-refractivity contribution in [2.24, 2.45) is 17.0 Å². The molecule has 0 saturated heterocycles. The molecule has 0 aliphatic rings. The Balaban J connectivity index is 3.02. The monoisotopic (exact) mass is 284 g/mol. The van der Waals surface area contributed by atoms with Crippen molar-refractivity contribution in [3.63, 3.8) is 0 Å². The molecular weight excluding hydrogens is 264 g/mol. The van der Waals surface area contributed by atoms with E-state index >= 15 is 0 Å². The summed E-state index contributed by atoms with van der Waals surface area (Å²) in [5.74, 6) is -0.0818. The molecule has 0 aliphatic carbocycles. The van der Waals surface area contributed by atoms with Gasteiger partial charge in [-0.25, -0.2) is 13.6 Å². The maximum atomic E-state index is 11.9. The minimum absolute atomic E-state index is 0.0301. The van der Waals surface area contributed by atoms with Crippen LogP contribution in [0.4, 0.5) is 5.69 Å². The third-order valence-corrected chi connectivity index (χ3v) is 4.23. The summed E-state index contributed by atoms with van der Waals surface area (Å²) in [7, 11) is -3.78. The molecule has 0 aromatic heterocycles. The van der Waals surface area contributed by atoms with Crippen molar-refractivity contribution in [3.8, 4) is 0 Å². The van der Waals surface area contributed by atoms with Gasteiger partial charge in [0.05, 0.1) is 4.90 Å². The molecule has 1 atom stereocenters. The SMILES string of the molecule is Cc1ccc(NC(=O)C(C)C(C)C)cc1S(N)(=O)=O. The van der Waals surface area contributed by atoms with Gasteiger partial charge >= 0.3 is 0 Å². The molecule has 5 nitrogen and oxygen atoms in total. The largest absolute Gasteiger partial charge is 0.326 e. The van der Waals surface area contributed by atoms with Crippen LogP contribution in [-0.2, 0) is 14.8 Å². The molecule has 19 heavy (non-hydrogen) atoms. The van der Waals surface area contributed by atoms with Crippen LogP contribution in [0, 0.1) is 18.8 Å².